The van der Waals surface area contributed by atoms with E-state index in [2.05, 4.69) is 16.3 Å². The van der Waals surface area contributed by atoms with Gasteiger partial charge < -0.3 is 0 Å². The zero-order valence-electron chi connectivity index (χ0n) is 8.38. The molecule has 2 heteroatoms. The maximum absolute atomic E-state index is 4.09. The zero-order chi connectivity index (χ0) is 10.3. The quantitative estimate of drug-likeness (QED) is 0.634. The highest BCUT2D eigenvalue weighted by Crippen LogP contribution is 2.13. The van der Waals surface area contributed by atoms with Gasteiger partial charge in [-0.05, 0) is 24.1 Å². The van der Waals surface area contributed by atoms with Crippen LogP contribution in [0, 0.1) is 0 Å². The lowest BCUT2D eigenvalue weighted by Crippen LogP contribution is -1.78. The summed E-state index contributed by atoms with van der Waals surface area (Å²) in [4.78, 5) is 0. The number of azo groups is 1. The highest BCUT2D eigenvalue weighted by molar-refractivity contribution is 5.35. The van der Waals surface area contributed by atoms with Gasteiger partial charge in [-0.15, -0.1) is 0 Å². The molecule has 2 rings (SSSR count). The Morgan fingerprint density at radius 1 is 1.07 bits per heavy atom. The third kappa shape index (κ3) is 3.02. The van der Waals surface area contributed by atoms with Crippen molar-refractivity contribution in [2.24, 2.45) is 10.2 Å². The second-order valence-electron chi connectivity index (χ2n) is 3.25. The minimum atomic E-state index is 0.879. The van der Waals surface area contributed by atoms with Crippen LogP contribution in [0.15, 0.2) is 76.6 Å². The molecule has 0 aliphatic heterocycles. The molecule has 1 aliphatic carbocycles. The summed E-state index contributed by atoms with van der Waals surface area (Å²) in [7, 11) is 0. The minimum Gasteiger partial charge on any atom is -0.158 e. The lowest BCUT2D eigenvalue weighted by atomic mass is 10.1. The zero-order valence-corrected chi connectivity index (χ0v) is 8.38. The molecule has 0 unspecified atom stereocenters. The first-order chi connectivity index (χ1) is 7.45. The molecular formula is C13H12N2. The van der Waals surface area contributed by atoms with E-state index in [1.54, 1.807) is 6.20 Å². The summed E-state index contributed by atoms with van der Waals surface area (Å²) in [5.74, 6) is 0. The van der Waals surface area contributed by atoms with Gasteiger partial charge in [0.15, 0.2) is 0 Å². The van der Waals surface area contributed by atoms with Gasteiger partial charge in [0.25, 0.3) is 0 Å². The fraction of sp³-hybridized carbons (Fsp3) is 0.0769. The van der Waals surface area contributed by atoms with Crippen LogP contribution >= 0.6 is 0 Å². The molecule has 1 aliphatic rings. The van der Waals surface area contributed by atoms with Crippen molar-refractivity contribution in [3.8, 4) is 0 Å². The van der Waals surface area contributed by atoms with E-state index in [0.29, 0.717) is 0 Å². The molecule has 0 radical (unpaired) electrons. The molecule has 0 saturated heterocycles. The van der Waals surface area contributed by atoms with E-state index in [4.69, 9.17) is 0 Å². The number of hydrogen-bond acceptors (Lipinski definition) is 2. The molecular weight excluding hydrogens is 184 g/mol. The molecule has 0 fully saturated rings. The van der Waals surface area contributed by atoms with Crippen LogP contribution in [0.4, 0.5) is 5.69 Å². The van der Waals surface area contributed by atoms with Gasteiger partial charge in [-0.2, -0.15) is 10.2 Å². The second kappa shape index (κ2) is 5.05. The average Bonchev–Trinajstić information content (AvgIpc) is 2.32. The second-order valence-corrected chi connectivity index (χ2v) is 3.25. The van der Waals surface area contributed by atoms with E-state index in [0.717, 1.165) is 12.1 Å². The molecule has 0 aromatic heterocycles. The van der Waals surface area contributed by atoms with Gasteiger partial charge in [0.05, 0.1) is 11.9 Å². The SMILES string of the molecule is C1=CC/C(=C\N=N\c2ccccc2)C=C1. The van der Waals surface area contributed by atoms with Crippen LogP contribution in [-0.4, -0.2) is 0 Å². The molecule has 15 heavy (non-hydrogen) atoms. The van der Waals surface area contributed by atoms with Gasteiger partial charge in [0, 0.05) is 0 Å². The van der Waals surface area contributed by atoms with Crippen LogP contribution < -0.4 is 0 Å². The summed E-state index contributed by atoms with van der Waals surface area (Å²) >= 11 is 0. The van der Waals surface area contributed by atoms with Crippen LogP contribution in [-0.2, 0) is 0 Å². The fourth-order valence-electron chi connectivity index (χ4n) is 1.29. The van der Waals surface area contributed by atoms with Crippen molar-refractivity contribution in [2.45, 2.75) is 6.42 Å². The number of nitrogens with zero attached hydrogens (tertiary/aromatic N) is 2. The van der Waals surface area contributed by atoms with E-state index >= 15 is 0 Å². The number of benzene rings is 1. The average molecular weight is 196 g/mol. The van der Waals surface area contributed by atoms with Crippen molar-refractivity contribution in [3.63, 3.8) is 0 Å². The van der Waals surface area contributed by atoms with Gasteiger partial charge >= 0.3 is 0 Å². The standard InChI is InChI=1S/C13H12N2/c1-3-7-12(8-4-1)11-14-15-13-9-5-2-6-10-13/h1-7,9-11H,8H2/b12-11-,15-14+. The normalized spacial score (nSPS) is 17.7. The van der Waals surface area contributed by atoms with Crippen LogP contribution in [0.25, 0.3) is 0 Å². The number of hydrogen-bond donors (Lipinski definition) is 0. The molecule has 0 atom stereocenters. The van der Waals surface area contributed by atoms with Crippen LogP contribution in [0.1, 0.15) is 6.42 Å². The largest absolute Gasteiger partial charge is 0.158 e. The van der Waals surface area contributed by atoms with E-state index in [1.807, 2.05) is 48.6 Å². The molecule has 0 bridgehead atoms. The molecule has 2 nitrogen and oxygen atoms in total. The monoisotopic (exact) mass is 196 g/mol. The first-order valence-electron chi connectivity index (χ1n) is 4.93. The Kier molecular flexibility index (Phi) is 3.23. The number of rotatable bonds is 2. The maximum atomic E-state index is 4.09. The maximum Gasteiger partial charge on any atom is 0.0856 e. The van der Waals surface area contributed by atoms with E-state index in [9.17, 15) is 0 Å². The van der Waals surface area contributed by atoms with Crippen molar-refractivity contribution in [1.82, 2.24) is 0 Å². The van der Waals surface area contributed by atoms with Crippen LogP contribution in [0.2, 0.25) is 0 Å². The van der Waals surface area contributed by atoms with Crippen LogP contribution in [0.5, 0.6) is 0 Å². The Morgan fingerprint density at radius 3 is 2.67 bits per heavy atom. The summed E-state index contributed by atoms with van der Waals surface area (Å²) in [5, 5.41) is 8.13. The predicted molar refractivity (Wildman–Crippen MR) is 61.9 cm³/mol. The molecule has 1 aromatic carbocycles. The van der Waals surface area contributed by atoms with E-state index in [-0.39, 0.29) is 0 Å². The Balaban J connectivity index is 2.01. The lowest BCUT2D eigenvalue weighted by molar-refractivity contribution is 1.17. The van der Waals surface area contributed by atoms with Gasteiger partial charge in [-0.25, -0.2) is 0 Å². The van der Waals surface area contributed by atoms with Crippen molar-refractivity contribution in [2.75, 3.05) is 0 Å². The highest BCUT2D eigenvalue weighted by Gasteiger charge is 1.91. The molecule has 0 spiro atoms. The Morgan fingerprint density at radius 2 is 1.93 bits per heavy atom. The summed E-state index contributed by atoms with van der Waals surface area (Å²) in [6, 6.07) is 9.72. The molecule has 0 amide bonds. The predicted octanol–water partition coefficient (Wildman–Crippen LogP) is 4.17. The van der Waals surface area contributed by atoms with Gasteiger partial charge in [0.1, 0.15) is 0 Å². The lowest BCUT2D eigenvalue weighted by Gasteiger charge is -1.97. The van der Waals surface area contributed by atoms with Gasteiger partial charge in [-0.1, -0.05) is 42.5 Å². The summed E-state index contributed by atoms with van der Waals surface area (Å²) in [6.07, 6.45) is 10.9. The van der Waals surface area contributed by atoms with Gasteiger partial charge in [-0.3, -0.25) is 0 Å². The molecule has 74 valence electrons. The van der Waals surface area contributed by atoms with Crippen LogP contribution in [0.3, 0.4) is 0 Å². The fourth-order valence-corrected chi connectivity index (χ4v) is 1.29. The third-order valence-electron chi connectivity index (χ3n) is 2.06. The Labute approximate surface area is 89.4 Å². The first kappa shape index (κ1) is 9.59. The highest BCUT2D eigenvalue weighted by atomic mass is 15.1. The summed E-state index contributed by atoms with van der Waals surface area (Å²) in [6.45, 7) is 0. The topological polar surface area (TPSA) is 24.7 Å². The summed E-state index contributed by atoms with van der Waals surface area (Å²) < 4.78 is 0. The van der Waals surface area contributed by atoms with Crippen molar-refractivity contribution in [3.05, 3.63) is 66.4 Å². The Bertz CT molecular complexity index is 425. The molecule has 0 heterocycles. The van der Waals surface area contributed by atoms with Crippen molar-refractivity contribution < 1.29 is 0 Å². The first-order valence-corrected chi connectivity index (χ1v) is 4.93. The molecule has 0 saturated carbocycles. The van der Waals surface area contributed by atoms with Gasteiger partial charge in [0.2, 0.25) is 0 Å². The van der Waals surface area contributed by atoms with Crippen molar-refractivity contribution in [1.29, 1.82) is 0 Å². The Hall–Kier alpha value is -1.96. The smallest absolute Gasteiger partial charge is 0.0856 e. The number of allylic oxidation sites excluding steroid dienone is 5. The summed E-state index contributed by atoms with van der Waals surface area (Å²) in [5.41, 5.74) is 2.06. The van der Waals surface area contributed by atoms with E-state index < -0.39 is 0 Å². The van der Waals surface area contributed by atoms with E-state index in [1.165, 1.54) is 5.57 Å². The minimum absolute atomic E-state index is 0.879. The molecule has 1 aromatic rings. The van der Waals surface area contributed by atoms with Crippen molar-refractivity contribution >= 4 is 5.69 Å². The third-order valence-corrected chi connectivity index (χ3v) is 2.06. The molecule has 0 N–H and O–H groups in total.